The van der Waals surface area contributed by atoms with Crippen molar-refractivity contribution in [3.05, 3.63) is 35.7 Å². The molecule has 1 aromatic carbocycles. The van der Waals surface area contributed by atoms with Gasteiger partial charge in [-0.2, -0.15) is 4.31 Å². The van der Waals surface area contributed by atoms with Crippen molar-refractivity contribution in [3.63, 3.8) is 0 Å². The summed E-state index contributed by atoms with van der Waals surface area (Å²) in [4.78, 5) is 14.4. The molecule has 0 bridgehead atoms. The molecule has 2 amide bonds. The fourth-order valence-corrected chi connectivity index (χ4v) is 5.01. The van der Waals surface area contributed by atoms with Crippen LogP contribution in [0.5, 0.6) is 5.75 Å². The molecule has 2 aromatic rings. The summed E-state index contributed by atoms with van der Waals surface area (Å²) in [5.41, 5.74) is 0.909. The largest absolute Gasteiger partial charge is 0.495 e. The third kappa shape index (κ3) is 3.97. The average Bonchev–Trinajstić information content (AvgIpc) is 2.87. The van der Waals surface area contributed by atoms with E-state index < -0.39 is 10.0 Å². The summed E-state index contributed by atoms with van der Waals surface area (Å²) in [5.74, 6) is 0.834. The highest BCUT2D eigenvalue weighted by molar-refractivity contribution is 7.89. The van der Waals surface area contributed by atoms with Crippen LogP contribution >= 0.6 is 0 Å². The molecule has 3 rings (SSSR count). The molecule has 152 valence electrons. The van der Waals surface area contributed by atoms with Crippen molar-refractivity contribution in [2.45, 2.75) is 25.2 Å². The predicted molar refractivity (Wildman–Crippen MR) is 103 cm³/mol. The fraction of sp³-hybridized carbons (Fsp3) is 0.444. The summed E-state index contributed by atoms with van der Waals surface area (Å²) in [6.07, 6.45) is 0.530. The molecule has 0 spiro atoms. The average molecular weight is 408 g/mol. The number of nitrogens with one attached hydrogen (secondary N) is 1. The third-order valence-electron chi connectivity index (χ3n) is 4.66. The van der Waals surface area contributed by atoms with E-state index in [-0.39, 0.29) is 29.8 Å². The molecule has 1 fully saturated rings. The van der Waals surface area contributed by atoms with Gasteiger partial charge in [-0.05, 0) is 32.4 Å². The van der Waals surface area contributed by atoms with Gasteiger partial charge in [0, 0.05) is 26.2 Å². The molecular weight excluding hydrogens is 384 g/mol. The summed E-state index contributed by atoms with van der Waals surface area (Å²) >= 11 is 0. The Kier molecular flexibility index (Phi) is 5.90. The van der Waals surface area contributed by atoms with Gasteiger partial charge >= 0.3 is 6.03 Å². The number of methoxy groups -OCH3 is 1. The molecule has 0 aliphatic carbocycles. The quantitative estimate of drug-likeness (QED) is 0.832. The molecule has 2 heterocycles. The minimum atomic E-state index is -3.72. The molecular formula is C18H24N4O5S. The highest BCUT2D eigenvalue weighted by Gasteiger charge is 2.33. The van der Waals surface area contributed by atoms with Crippen molar-refractivity contribution in [1.82, 2.24) is 14.4 Å². The van der Waals surface area contributed by atoms with Gasteiger partial charge < -0.3 is 19.5 Å². The highest BCUT2D eigenvalue weighted by Crippen LogP contribution is 2.25. The zero-order valence-electron chi connectivity index (χ0n) is 16.1. The molecule has 1 saturated heterocycles. The molecule has 1 aliphatic heterocycles. The van der Waals surface area contributed by atoms with Crippen LogP contribution in [-0.4, -0.2) is 62.1 Å². The lowest BCUT2D eigenvalue weighted by Crippen LogP contribution is -2.39. The van der Waals surface area contributed by atoms with Crippen molar-refractivity contribution >= 4 is 21.7 Å². The Labute approximate surface area is 164 Å². The molecule has 28 heavy (non-hydrogen) atoms. The van der Waals surface area contributed by atoms with Crippen LogP contribution in [0.4, 0.5) is 10.5 Å². The number of rotatable bonds is 4. The van der Waals surface area contributed by atoms with Gasteiger partial charge in [-0.15, -0.1) is 0 Å². The van der Waals surface area contributed by atoms with Crippen molar-refractivity contribution in [2.24, 2.45) is 0 Å². The van der Waals surface area contributed by atoms with Gasteiger partial charge in [0.25, 0.3) is 0 Å². The van der Waals surface area contributed by atoms with Crippen molar-refractivity contribution in [2.75, 3.05) is 38.6 Å². The second kappa shape index (κ2) is 8.19. The van der Waals surface area contributed by atoms with Gasteiger partial charge in [-0.1, -0.05) is 17.3 Å². The van der Waals surface area contributed by atoms with E-state index in [1.807, 2.05) is 6.07 Å². The van der Waals surface area contributed by atoms with Crippen molar-refractivity contribution < 1.29 is 22.5 Å². The number of amides is 2. The Morgan fingerprint density at radius 2 is 1.93 bits per heavy atom. The minimum Gasteiger partial charge on any atom is -0.495 e. The lowest BCUT2D eigenvalue weighted by molar-refractivity contribution is 0.214. The first-order valence-electron chi connectivity index (χ1n) is 8.96. The van der Waals surface area contributed by atoms with Gasteiger partial charge in [0.1, 0.15) is 16.3 Å². The number of para-hydroxylation sites is 2. The van der Waals surface area contributed by atoms with E-state index in [2.05, 4.69) is 10.5 Å². The molecule has 10 heteroatoms. The lowest BCUT2D eigenvalue weighted by Gasteiger charge is -2.22. The molecule has 1 aliphatic rings. The Balaban J connectivity index is 1.70. The number of hydrogen-bond donors (Lipinski definition) is 1. The van der Waals surface area contributed by atoms with Gasteiger partial charge in [0.2, 0.25) is 10.0 Å². The Hall–Kier alpha value is -2.59. The smallest absolute Gasteiger partial charge is 0.321 e. The SMILES string of the molecule is COc1ccccc1NC(=O)N1CCCN(S(=O)(=O)c2c(C)noc2C)CC1. The molecule has 0 radical (unpaired) electrons. The summed E-state index contributed by atoms with van der Waals surface area (Å²) in [5, 5.41) is 6.57. The number of urea groups is 1. The van der Waals surface area contributed by atoms with E-state index in [1.54, 1.807) is 36.9 Å². The fourth-order valence-electron chi connectivity index (χ4n) is 3.25. The summed E-state index contributed by atoms with van der Waals surface area (Å²) in [6, 6.07) is 6.84. The predicted octanol–water partition coefficient (Wildman–Crippen LogP) is 2.23. The van der Waals surface area contributed by atoms with E-state index in [0.717, 1.165) is 0 Å². The van der Waals surface area contributed by atoms with E-state index in [1.165, 1.54) is 11.4 Å². The van der Waals surface area contributed by atoms with Crippen LogP contribution in [0.3, 0.4) is 0 Å². The highest BCUT2D eigenvalue weighted by atomic mass is 32.2. The first-order valence-corrected chi connectivity index (χ1v) is 10.4. The van der Waals surface area contributed by atoms with Gasteiger partial charge in [0.05, 0.1) is 12.8 Å². The van der Waals surface area contributed by atoms with Gasteiger partial charge in [-0.3, -0.25) is 0 Å². The van der Waals surface area contributed by atoms with Gasteiger partial charge in [0.15, 0.2) is 5.76 Å². The zero-order chi connectivity index (χ0) is 20.3. The van der Waals surface area contributed by atoms with Crippen molar-refractivity contribution in [1.29, 1.82) is 0 Å². The van der Waals surface area contributed by atoms with Gasteiger partial charge in [-0.25, -0.2) is 13.2 Å². The molecule has 9 nitrogen and oxygen atoms in total. The number of sulfonamides is 1. The van der Waals surface area contributed by atoms with Crippen LogP contribution in [0.15, 0.2) is 33.7 Å². The Morgan fingerprint density at radius 3 is 2.61 bits per heavy atom. The van der Waals surface area contributed by atoms with Crippen LogP contribution < -0.4 is 10.1 Å². The molecule has 1 N–H and O–H groups in total. The number of ether oxygens (including phenoxy) is 1. The zero-order valence-corrected chi connectivity index (χ0v) is 17.0. The number of carbonyl (C=O) groups excluding carboxylic acids is 1. The van der Waals surface area contributed by atoms with Crippen LogP contribution in [0, 0.1) is 13.8 Å². The third-order valence-corrected chi connectivity index (χ3v) is 6.80. The maximum Gasteiger partial charge on any atom is 0.321 e. The monoisotopic (exact) mass is 408 g/mol. The first-order chi connectivity index (χ1) is 13.3. The second-order valence-corrected chi connectivity index (χ2v) is 8.40. The summed E-state index contributed by atoms with van der Waals surface area (Å²) < 4.78 is 37.6. The van der Waals surface area contributed by atoms with Crippen LogP contribution in [0.1, 0.15) is 17.9 Å². The van der Waals surface area contributed by atoms with Crippen molar-refractivity contribution in [3.8, 4) is 5.75 Å². The van der Waals surface area contributed by atoms with Crippen LogP contribution in [0.2, 0.25) is 0 Å². The standard InChI is InChI=1S/C18H24N4O5S/c1-13-17(14(2)27-20-13)28(24,25)22-10-6-9-21(11-12-22)18(23)19-15-7-4-5-8-16(15)26-3/h4-5,7-8H,6,9-12H2,1-3H3,(H,19,23). The summed E-state index contributed by atoms with van der Waals surface area (Å²) in [6.45, 7) is 4.45. The molecule has 0 unspecified atom stereocenters. The van der Waals surface area contributed by atoms with Crippen LogP contribution in [0.25, 0.3) is 0 Å². The summed E-state index contributed by atoms with van der Waals surface area (Å²) in [7, 11) is -2.19. The molecule has 0 saturated carbocycles. The maximum atomic E-state index is 13.0. The number of anilines is 1. The number of benzene rings is 1. The van der Waals surface area contributed by atoms with Crippen LogP contribution in [-0.2, 0) is 10.0 Å². The van der Waals surface area contributed by atoms with E-state index >= 15 is 0 Å². The number of nitrogens with zero attached hydrogens (tertiary/aromatic N) is 3. The number of carbonyl (C=O) groups is 1. The Bertz CT molecular complexity index is 937. The second-order valence-electron chi connectivity index (χ2n) is 6.53. The van der Waals surface area contributed by atoms with E-state index in [0.29, 0.717) is 36.6 Å². The number of aromatic nitrogens is 1. The number of aryl methyl sites for hydroxylation is 2. The van der Waals surface area contributed by atoms with E-state index in [9.17, 15) is 13.2 Å². The maximum absolute atomic E-state index is 13.0. The topological polar surface area (TPSA) is 105 Å². The molecule has 0 atom stereocenters. The number of hydrogen-bond acceptors (Lipinski definition) is 6. The minimum absolute atomic E-state index is 0.111. The first kappa shape index (κ1) is 20.2. The molecule has 1 aromatic heterocycles. The Morgan fingerprint density at radius 1 is 1.18 bits per heavy atom. The normalized spacial score (nSPS) is 15.9. The van der Waals surface area contributed by atoms with E-state index in [4.69, 9.17) is 9.26 Å². The lowest BCUT2D eigenvalue weighted by atomic mass is 10.3.